The van der Waals surface area contributed by atoms with E-state index in [1.165, 1.54) is 17.7 Å². The summed E-state index contributed by atoms with van der Waals surface area (Å²) >= 11 is 1.09. The normalized spacial score (nSPS) is 16.7. The summed E-state index contributed by atoms with van der Waals surface area (Å²) in [5.74, 6) is 0.786. The van der Waals surface area contributed by atoms with Crippen molar-refractivity contribution in [2.75, 3.05) is 6.61 Å². The first-order valence-electron chi connectivity index (χ1n) is 8.72. The second-order valence-corrected chi connectivity index (χ2v) is 7.33. The molecule has 134 valence electrons. The van der Waals surface area contributed by atoms with Crippen LogP contribution in [0.2, 0.25) is 0 Å². The Morgan fingerprint density at radius 2 is 1.81 bits per heavy atom. The highest BCUT2D eigenvalue weighted by atomic mass is 32.2. The van der Waals surface area contributed by atoms with E-state index in [2.05, 4.69) is 18.0 Å². The molecule has 0 saturated heterocycles. The molecule has 0 bridgehead atoms. The highest BCUT2D eigenvalue weighted by Crippen LogP contribution is 2.24. The Labute approximate surface area is 157 Å². The van der Waals surface area contributed by atoms with E-state index >= 15 is 0 Å². The van der Waals surface area contributed by atoms with Crippen molar-refractivity contribution in [1.82, 2.24) is 4.98 Å². The predicted molar refractivity (Wildman–Crippen MR) is 103 cm³/mol. The van der Waals surface area contributed by atoms with Gasteiger partial charge in [-0.3, -0.25) is 14.6 Å². The first-order valence-corrected chi connectivity index (χ1v) is 9.60. The average Bonchev–Trinajstić information content (AvgIpc) is 2.67. The lowest BCUT2D eigenvalue weighted by Crippen LogP contribution is -2.22. The predicted octanol–water partition coefficient (Wildman–Crippen LogP) is 3.58. The van der Waals surface area contributed by atoms with Gasteiger partial charge in [0, 0.05) is 18.3 Å². The third-order valence-electron chi connectivity index (χ3n) is 4.23. The number of pyridine rings is 1. The maximum Gasteiger partial charge on any atom is 0.212 e. The topological polar surface area (TPSA) is 56.3 Å². The van der Waals surface area contributed by atoms with Gasteiger partial charge in [0.1, 0.15) is 5.75 Å². The third-order valence-corrected chi connectivity index (χ3v) is 5.28. The molecule has 0 aliphatic carbocycles. The summed E-state index contributed by atoms with van der Waals surface area (Å²) in [5.41, 5.74) is 3.27. The number of aromatic nitrogens is 1. The molecule has 1 aromatic carbocycles. The number of ether oxygens (including phenoxy) is 1. The molecule has 2 heterocycles. The number of nitrogens with zero attached hydrogens (tertiary/aromatic N) is 1. The Morgan fingerprint density at radius 1 is 1.04 bits per heavy atom. The third kappa shape index (κ3) is 5.05. The molecule has 26 heavy (non-hydrogen) atoms. The number of ketones is 1. The first kappa shape index (κ1) is 18.4. The number of aryl methyl sites for hydroxylation is 1. The molecule has 0 radical (unpaired) electrons. The van der Waals surface area contributed by atoms with Gasteiger partial charge >= 0.3 is 0 Å². The first-order chi connectivity index (χ1) is 12.6. The van der Waals surface area contributed by atoms with E-state index in [0.29, 0.717) is 13.0 Å². The van der Waals surface area contributed by atoms with Gasteiger partial charge in [-0.05, 0) is 54.3 Å². The number of carbonyl (C=O) groups excluding carboxylic acids is 2. The van der Waals surface area contributed by atoms with Crippen LogP contribution in [0.15, 0.2) is 54.7 Å². The highest BCUT2D eigenvalue weighted by molar-refractivity contribution is 8.15. The number of allylic oxidation sites excluding steroid dienone is 1. The Hall–Kier alpha value is -2.40. The van der Waals surface area contributed by atoms with Crippen LogP contribution >= 0.6 is 11.8 Å². The van der Waals surface area contributed by atoms with E-state index < -0.39 is 0 Å². The van der Waals surface area contributed by atoms with E-state index in [1.807, 2.05) is 36.5 Å². The van der Waals surface area contributed by atoms with E-state index in [9.17, 15) is 9.59 Å². The molecule has 0 saturated carbocycles. The zero-order chi connectivity index (χ0) is 18.4. The van der Waals surface area contributed by atoms with Gasteiger partial charge in [0.25, 0.3) is 0 Å². The van der Waals surface area contributed by atoms with Crippen LogP contribution in [0.5, 0.6) is 5.75 Å². The number of benzene rings is 1. The molecule has 1 unspecified atom stereocenters. The summed E-state index contributed by atoms with van der Waals surface area (Å²) in [6, 6.07) is 11.8. The monoisotopic (exact) mass is 367 g/mol. The number of hydrogen-bond donors (Lipinski definition) is 0. The lowest BCUT2D eigenvalue weighted by atomic mass is 10.1. The largest absolute Gasteiger partial charge is 0.493 e. The molecule has 1 aromatic heterocycles. The van der Waals surface area contributed by atoms with Crippen LogP contribution in [-0.2, 0) is 28.9 Å². The second-order valence-electron chi connectivity index (χ2n) is 6.12. The van der Waals surface area contributed by atoms with Crippen molar-refractivity contribution in [3.05, 3.63) is 71.6 Å². The summed E-state index contributed by atoms with van der Waals surface area (Å²) in [6.07, 6.45) is 6.92. The van der Waals surface area contributed by atoms with Gasteiger partial charge in [-0.2, -0.15) is 0 Å². The molecule has 1 aliphatic rings. The van der Waals surface area contributed by atoms with Crippen molar-refractivity contribution < 1.29 is 14.3 Å². The van der Waals surface area contributed by atoms with Crippen LogP contribution in [0, 0.1) is 0 Å². The zero-order valence-electron chi connectivity index (χ0n) is 14.7. The summed E-state index contributed by atoms with van der Waals surface area (Å²) in [6.45, 7) is 2.68. The van der Waals surface area contributed by atoms with Gasteiger partial charge in [-0.1, -0.05) is 36.9 Å². The van der Waals surface area contributed by atoms with Crippen molar-refractivity contribution in [1.29, 1.82) is 0 Å². The van der Waals surface area contributed by atoms with Gasteiger partial charge in [0.15, 0.2) is 5.78 Å². The van der Waals surface area contributed by atoms with Crippen LogP contribution in [-0.4, -0.2) is 27.7 Å². The fraction of sp³-hybridized carbons (Fsp3) is 0.286. The lowest BCUT2D eigenvalue weighted by Gasteiger charge is -2.15. The highest BCUT2D eigenvalue weighted by Gasteiger charge is 2.24. The molecular weight excluding hydrogens is 346 g/mol. The minimum atomic E-state index is -0.323. The Bertz CT molecular complexity index is 797. The fourth-order valence-electron chi connectivity index (χ4n) is 2.66. The van der Waals surface area contributed by atoms with Crippen molar-refractivity contribution in [2.24, 2.45) is 0 Å². The smallest absolute Gasteiger partial charge is 0.212 e. The molecule has 3 rings (SSSR count). The van der Waals surface area contributed by atoms with Crippen LogP contribution in [0.3, 0.4) is 0 Å². The fourth-order valence-corrected chi connectivity index (χ4v) is 3.56. The van der Waals surface area contributed by atoms with Crippen molar-refractivity contribution in [3.63, 3.8) is 0 Å². The molecule has 0 N–H and O–H groups in total. The summed E-state index contributed by atoms with van der Waals surface area (Å²) in [5, 5.41) is -0.383. The molecule has 2 aromatic rings. The molecule has 5 heteroatoms. The number of hydrogen-bond acceptors (Lipinski definition) is 5. The summed E-state index contributed by atoms with van der Waals surface area (Å²) in [4.78, 5) is 27.7. The molecule has 1 atom stereocenters. The number of rotatable bonds is 7. The zero-order valence-corrected chi connectivity index (χ0v) is 15.5. The van der Waals surface area contributed by atoms with E-state index in [-0.39, 0.29) is 16.1 Å². The molecular formula is C21H21NO3S. The maximum atomic E-state index is 11.8. The minimum Gasteiger partial charge on any atom is -0.493 e. The quantitative estimate of drug-likeness (QED) is 0.749. The van der Waals surface area contributed by atoms with Crippen LogP contribution in [0.1, 0.15) is 23.7 Å². The Balaban J connectivity index is 1.49. The van der Waals surface area contributed by atoms with Gasteiger partial charge in [0.05, 0.1) is 11.9 Å². The second kappa shape index (κ2) is 8.81. The minimum absolute atomic E-state index is 0.00322. The summed E-state index contributed by atoms with van der Waals surface area (Å²) in [7, 11) is 0. The van der Waals surface area contributed by atoms with Gasteiger partial charge in [-0.15, -0.1) is 0 Å². The van der Waals surface area contributed by atoms with E-state index in [4.69, 9.17) is 4.74 Å². The van der Waals surface area contributed by atoms with E-state index in [0.717, 1.165) is 41.6 Å². The van der Waals surface area contributed by atoms with Crippen molar-refractivity contribution in [3.8, 4) is 5.75 Å². The van der Waals surface area contributed by atoms with Crippen molar-refractivity contribution >= 4 is 22.7 Å². The molecule has 4 nitrogen and oxygen atoms in total. The van der Waals surface area contributed by atoms with Gasteiger partial charge < -0.3 is 4.74 Å². The molecule has 0 spiro atoms. The van der Waals surface area contributed by atoms with Crippen LogP contribution in [0.4, 0.5) is 0 Å². The Morgan fingerprint density at radius 3 is 2.50 bits per heavy atom. The molecule has 0 fully saturated rings. The van der Waals surface area contributed by atoms with Crippen LogP contribution < -0.4 is 4.74 Å². The van der Waals surface area contributed by atoms with E-state index in [1.54, 1.807) is 0 Å². The number of thioether (sulfide) groups is 1. The average molecular weight is 367 g/mol. The van der Waals surface area contributed by atoms with Crippen LogP contribution in [0.25, 0.3) is 0 Å². The summed E-state index contributed by atoms with van der Waals surface area (Å²) < 4.78 is 5.77. The maximum absolute atomic E-state index is 11.8. The van der Waals surface area contributed by atoms with Crippen molar-refractivity contribution in [2.45, 2.75) is 31.4 Å². The van der Waals surface area contributed by atoms with Gasteiger partial charge in [-0.25, -0.2) is 0 Å². The Kier molecular flexibility index (Phi) is 6.23. The molecule has 0 amide bonds. The molecule has 1 aliphatic heterocycles. The SMILES string of the molecule is CCc1ccc(CCOc2ccc(CC3SC(=O)C=CC3=O)cc2)nc1. The standard InChI is InChI=1S/C21H21NO3S/c1-2-15-3-6-17(22-14-15)11-12-25-18-7-4-16(5-8-18)13-20-19(23)9-10-21(24)26-20/h3-10,14,20H,2,11-13H2,1H3. The van der Waals surface area contributed by atoms with Gasteiger partial charge in [0.2, 0.25) is 5.12 Å². The number of carbonyl (C=O) groups is 2. The lowest BCUT2D eigenvalue weighted by molar-refractivity contribution is -0.115.